The first kappa shape index (κ1) is 29.5. The van der Waals surface area contributed by atoms with Gasteiger partial charge in [0.15, 0.2) is 0 Å². The molecule has 1 saturated carbocycles. The van der Waals surface area contributed by atoms with E-state index in [1.165, 1.54) is 11.8 Å². The standard InChI is InChI=1S/C31H30N6O3.ClH/c1-18(38)36-17-26(31(2,35-3)30(34)40)29(39)37(27-12-7-19(14-32)13-28(27)36)16-25-22(20-8-9-20)10-11-23-21(15-33)5-4-6-24(23)25;/h4-7,10-13,20,26,35H,8-9,16-17H2,1-3H3,(H2,34,40);1H/t26-,31?;/m1./s1. The van der Waals surface area contributed by atoms with E-state index in [1.54, 1.807) is 43.1 Å². The SMILES string of the molecule is CNC(C)(C(N)=O)[C@@H]1CN(C(C)=O)c2cc(C#N)ccc2N(Cc2c(C3CC3)ccc3c(C#N)cccc23)C1=O.Cl. The second kappa shape index (κ2) is 11.2. The second-order valence-corrected chi connectivity index (χ2v) is 10.7. The zero-order valence-corrected chi connectivity index (χ0v) is 23.9. The molecule has 0 bridgehead atoms. The molecule has 41 heavy (non-hydrogen) atoms. The van der Waals surface area contributed by atoms with Gasteiger partial charge in [0.1, 0.15) is 5.54 Å². The summed E-state index contributed by atoms with van der Waals surface area (Å²) in [6, 6.07) is 18.8. The number of benzene rings is 3. The number of nitrogens with one attached hydrogen (secondary N) is 1. The van der Waals surface area contributed by atoms with Crippen molar-refractivity contribution in [3.63, 3.8) is 0 Å². The van der Waals surface area contributed by atoms with Gasteiger partial charge in [-0.15, -0.1) is 12.4 Å². The van der Waals surface area contributed by atoms with Crippen molar-refractivity contribution in [3.8, 4) is 12.1 Å². The van der Waals surface area contributed by atoms with Gasteiger partial charge < -0.3 is 20.9 Å². The third-order valence-electron chi connectivity index (χ3n) is 8.39. The lowest BCUT2D eigenvalue weighted by Crippen LogP contribution is -2.63. The second-order valence-electron chi connectivity index (χ2n) is 10.7. The first-order chi connectivity index (χ1) is 19.1. The average Bonchev–Trinajstić information content (AvgIpc) is 3.80. The van der Waals surface area contributed by atoms with Crippen LogP contribution in [0.4, 0.5) is 11.4 Å². The van der Waals surface area contributed by atoms with Gasteiger partial charge in [-0.25, -0.2) is 0 Å². The lowest BCUT2D eigenvalue weighted by Gasteiger charge is -2.36. The lowest BCUT2D eigenvalue weighted by molar-refractivity contribution is -0.133. The fourth-order valence-electron chi connectivity index (χ4n) is 5.71. The maximum absolute atomic E-state index is 14.5. The highest BCUT2D eigenvalue weighted by molar-refractivity contribution is 6.08. The number of likely N-dealkylation sites (N-methyl/N-ethyl adjacent to an activating group) is 1. The van der Waals surface area contributed by atoms with E-state index in [1.807, 2.05) is 24.3 Å². The molecular weight excluding hydrogens is 540 g/mol. The van der Waals surface area contributed by atoms with E-state index in [4.69, 9.17) is 5.73 Å². The molecule has 1 fully saturated rings. The lowest BCUT2D eigenvalue weighted by atomic mass is 9.83. The van der Waals surface area contributed by atoms with E-state index in [9.17, 15) is 24.9 Å². The van der Waals surface area contributed by atoms with Crippen LogP contribution in [0.2, 0.25) is 0 Å². The monoisotopic (exact) mass is 570 g/mol. The molecule has 2 aliphatic rings. The summed E-state index contributed by atoms with van der Waals surface area (Å²) in [6.07, 6.45) is 2.07. The molecule has 3 aromatic rings. The molecule has 3 N–H and O–H groups in total. The summed E-state index contributed by atoms with van der Waals surface area (Å²) in [5.41, 5.74) is 8.14. The van der Waals surface area contributed by atoms with Crippen LogP contribution in [0.15, 0.2) is 48.5 Å². The Labute approximate surface area is 244 Å². The minimum Gasteiger partial charge on any atom is -0.368 e. The fraction of sp³-hybridized carbons (Fsp3) is 0.323. The minimum absolute atomic E-state index is 0. The molecule has 1 aliphatic heterocycles. The quantitative estimate of drug-likeness (QED) is 0.460. The summed E-state index contributed by atoms with van der Waals surface area (Å²) in [6.45, 7) is 3.01. The number of hydrogen-bond donors (Lipinski definition) is 2. The van der Waals surface area contributed by atoms with Crippen LogP contribution >= 0.6 is 12.4 Å². The normalized spacial score (nSPS) is 17.9. The summed E-state index contributed by atoms with van der Waals surface area (Å²) in [5, 5.41) is 24.0. The molecule has 210 valence electrons. The third kappa shape index (κ3) is 4.99. The molecule has 10 heteroatoms. The highest BCUT2D eigenvalue weighted by atomic mass is 35.5. The Hall–Kier alpha value is -4.44. The van der Waals surface area contributed by atoms with Crippen molar-refractivity contribution in [2.45, 2.75) is 44.7 Å². The van der Waals surface area contributed by atoms with Crippen molar-refractivity contribution >= 4 is 52.3 Å². The van der Waals surface area contributed by atoms with E-state index in [2.05, 4.69) is 17.5 Å². The molecule has 1 aliphatic carbocycles. The maximum atomic E-state index is 14.5. The highest BCUT2D eigenvalue weighted by Crippen LogP contribution is 2.45. The van der Waals surface area contributed by atoms with Gasteiger partial charge in [0.25, 0.3) is 0 Å². The van der Waals surface area contributed by atoms with E-state index in [-0.39, 0.29) is 37.3 Å². The van der Waals surface area contributed by atoms with Gasteiger partial charge in [0.05, 0.1) is 47.1 Å². The van der Waals surface area contributed by atoms with Crippen molar-refractivity contribution in [2.24, 2.45) is 11.7 Å². The highest BCUT2D eigenvalue weighted by Gasteiger charge is 2.48. The number of amides is 3. The van der Waals surface area contributed by atoms with E-state index < -0.39 is 17.4 Å². The van der Waals surface area contributed by atoms with Gasteiger partial charge in [0, 0.05) is 13.5 Å². The number of nitrogens with two attached hydrogens (primary N) is 1. The number of nitriles is 2. The topological polar surface area (TPSA) is 143 Å². The molecule has 9 nitrogen and oxygen atoms in total. The van der Waals surface area contributed by atoms with E-state index in [0.29, 0.717) is 28.4 Å². The number of hydrogen-bond acceptors (Lipinski definition) is 6. The summed E-state index contributed by atoms with van der Waals surface area (Å²) in [4.78, 5) is 43.3. The summed E-state index contributed by atoms with van der Waals surface area (Å²) < 4.78 is 0. The van der Waals surface area contributed by atoms with Crippen LogP contribution in [0.3, 0.4) is 0 Å². The van der Waals surface area contributed by atoms with Crippen LogP contribution in [0.25, 0.3) is 10.8 Å². The number of carbonyl (C=O) groups is 3. The van der Waals surface area contributed by atoms with Crippen molar-refractivity contribution in [1.29, 1.82) is 10.5 Å². The summed E-state index contributed by atoms with van der Waals surface area (Å²) in [5.74, 6) is -2.10. The average molecular weight is 571 g/mol. The largest absolute Gasteiger partial charge is 0.368 e. The molecule has 1 heterocycles. The molecule has 2 atom stereocenters. The van der Waals surface area contributed by atoms with E-state index in [0.717, 1.165) is 34.7 Å². The number of rotatable bonds is 6. The Morgan fingerprint density at radius 1 is 1.07 bits per heavy atom. The predicted octanol–water partition coefficient (Wildman–Crippen LogP) is 3.86. The van der Waals surface area contributed by atoms with E-state index >= 15 is 0 Å². The van der Waals surface area contributed by atoms with Crippen molar-refractivity contribution < 1.29 is 14.4 Å². The van der Waals surface area contributed by atoms with Crippen molar-refractivity contribution in [2.75, 3.05) is 23.4 Å². The summed E-state index contributed by atoms with van der Waals surface area (Å²) in [7, 11) is 1.56. The zero-order chi connectivity index (χ0) is 28.8. The number of anilines is 2. The molecule has 5 rings (SSSR count). The molecule has 3 aromatic carbocycles. The van der Waals surface area contributed by atoms with Gasteiger partial charge in [-0.05, 0) is 78.9 Å². The zero-order valence-electron chi connectivity index (χ0n) is 23.1. The Morgan fingerprint density at radius 2 is 1.80 bits per heavy atom. The third-order valence-corrected chi connectivity index (χ3v) is 8.39. The van der Waals surface area contributed by atoms with Crippen LogP contribution in [-0.2, 0) is 20.9 Å². The first-order valence-corrected chi connectivity index (χ1v) is 13.2. The Kier molecular flexibility index (Phi) is 8.08. The molecule has 0 radical (unpaired) electrons. The molecule has 0 saturated heterocycles. The van der Waals surface area contributed by atoms with Crippen LogP contribution in [0.1, 0.15) is 54.9 Å². The predicted molar refractivity (Wildman–Crippen MR) is 158 cm³/mol. The Balaban J connectivity index is 0.00000387. The van der Waals surface area contributed by atoms with Gasteiger partial charge in [0.2, 0.25) is 17.7 Å². The van der Waals surface area contributed by atoms with Crippen molar-refractivity contribution in [1.82, 2.24) is 5.32 Å². The molecular formula is C31H31ClN6O3. The molecule has 0 spiro atoms. The van der Waals surface area contributed by atoms with Crippen molar-refractivity contribution in [3.05, 3.63) is 70.8 Å². The van der Waals surface area contributed by atoms with Crippen LogP contribution in [0.5, 0.6) is 0 Å². The van der Waals surface area contributed by atoms with Crippen LogP contribution < -0.4 is 20.9 Å². The van der Waals surface area contributed by atoms with Gasteiger partial charge in [-0.3, -0.25) is 14.4 Å². The molecule has 3 amide bonds. The van der Waals surface area contributed by atoms with Gasteiger partial charge in [-0.1, -0.05) is 24.3 Å². The Morgan fingerprint density at radius 3 is 2.39 bits per heavy atom. The fourth-order valence-corrected chi connectivity index (χ4v) is 5.71. The minimum atomic E-state index is -1.46. The van der Waals surface area contributed by atoms with Gasteiger partial charge in [-0.2, -0.15) is 10.5 Å². The number of fused-ring (bicyclic) bond motifs is 2. The number of nitrogens with zero attached hydrogens (tertiary/aromatic N) is 4. The maximum Gasteiger partial charge on any atom is 0.238 e. The number of primary amides is 1. The van der Waals surface area contributed by atoms with Crippen LogP contribution in [0, 0.1) is 28.6 Å². The summed E-state index contributed by atoms with van der Waals surface area (Å²) >= 11 is 0. The van der Waals surface area contributed by atoms with Crippen LogP contribution in [-0.4, -0.2) is 36.9 Å². The smallest absolute Gasteiger partial charge is 0.238 e. The number of halogens is 1. The number of carbonyl (C=O) groups excluding carboxylic acids is 3. The van der Waals surface area contributed by atoms with Gasteiger partial charge >= 0.3 is 0 Å². The molecule has 0 aromatic heterocycles. The Bertz CT molecular complexity index is 1650. The molecule has 1 unspecified atom stereocenters. The first-order valence-electron chi connectivity index (χ1n) is 13.2.